The predicted molar refractivity (Wildman–Crippen MR) is 284 cm³/mol. The van der Waals surface area contributed by atoms with Gasteiger partial charge in [0.2, 0.25) is 5.91 Å². The number of carbonyl (C=O) groups excluding carboxylic acids is 2. The molecule has 3 atom stereocenters. The number of phosphoric ester groups is 1. The summed E-state index contributed by atoms with van der Waals surface area (Å²) in [5.41, 5.74) is 0. The van der Waals surface area contributed by atoms with E-state index in [0.717, 1.165) is 64.2 Å². The molecule has 0 spiro atoms. The average molecular weight is 963 g/mol. The van der Waals surface area contributed by atoms with E-state index in [1.807, 2.05) is 39.4 Å². The van der Waals surface area contributed by atoms with Crippen molar-refractivity contribution in [3.05, 3.63) is 48.6 Å². The summed E-state index contributed by atoms with van der Waals surface area (Å²) in [7, 11) is 1.15. The number of ether oxygens (including phenoxy) is 1. The van der Waals surface area contributed by atoms with Crippen LogP contribution in [-0.2, 0) is 27.9 Å². The molecule has 9 nitrogen and oxygen atoms in total. The molecule has 392 valence electrons. The first-order valence-electron chi connectivity index (χ1n) is 27.9. The van der Waals surface area contributed by atoms with Gasteiger partial charge in [0, 0.05) is 12.8 Å². The zero-order chi connectivity index (χ0) is 49.4. The molecule has 0 aliphatic heterocycles. The van der Waals surface area contributed by atoms with Crippen LogP contribution in [-0.4, -0.2) is 69.4 Å². The highest BCUT2D eigenvalue weighted by Crippen LogP contribution is 2.38. The first-order valence-corrected chi connectivity index (χ1v) is 29.4. The van der Waals surface area contributed by atoms with E-state index in [2.05, 4.69) is 56.5 Å². The third-order valence-corrected chi connectivity index (χ3v) is 13.2. The highest BCUT2D eigenvalue weighted by atomic mass is 31.2. The number of nitrogens with one attached hydrogen (secondary N) is 1. The Balaban J connectivity index is 5.39. The molecule has 1 amide bonds. The summed E-state index contributed by atoms with van der Waals surface area (Å²) in [6.07, 6.45) is 56.6. The number of hydrogen-bond acceptors (Lipinski definition) is 7. The molecule has 0 aliphatic rings. The van der Waals surface area contributed by atoms with Crippen molar-refractivity contribution in [3.8, 4) is 0 Å². The van der Waals surface area contributed by atoms with Crippen molar-refractivity contribution in [1.29, 1.82) is 0 Å². The number of amides is 1. The minimum atomic E-state index is -4.70. The van der Waals surface area contributed by atoms with E-state index in [1.54, 1.807) is 0 Å². The van der Waals surface area contributed by atoms with E-state index >= 15 is 0 Å². The molecular formula is C57H107N2O7P. The number of carbonyl (C=O) groups is 2. The van der Waals surface area contributed by atoms with E-state index < -0.39 is 26.6 Å². The molecule has 0 radical (unpaired) electrons. The third kappa shape index (κ3) is 48.8. The summed E-state index contributed by atoms with van der Waals surface area (Å²) in [6.45, 7) is 6.77. The van der Waals surface area contributed by atoms with Gasteiger partial charge in [-0.15, -0.1) is 0 Å². The van der Waals surface area contributed by atoms with Gasteiger partial charge >= 0.3 is 5.97 Å². The fourth-order valence-electron chi connectivity index (χ4n) is 7.86. The molecule has 67 heavy (non-hydrogen) atoms. The van der Waals surface area contributed by atoms with Crippen LogP contribution in [0.5, 0.6) is 0 Å². The summed E-state index contributed by atoms with van der Waals surface area (Å²) in [6, 6.07) is -0.917. The van der Waals surface area contributed by atoms with Crippen LogP contribution in [0.2, 0.25) is 0 Å². The third-order valence-electron chi connectivity index (χ3n) is 12.2. The van der Waals surface area contributed by atoms with Gasteiger partial charge < -0.3 is 28.5 Å². The highest BCUT2D eigenvalue weighted by molar-refractivity contribution is 7.45. The number of hydrogen-bond donors (Lipinski definition) is 1. The Morgan fingerprint density at radius 1 is 0.522 bits per heavy atom. The summed E-state index contributed by atoms with van der Waals surface area (Å²) < 4.78 is 30.1. The highest BCUT2D eigenvalue weighted by Gasteiger charge is 2.27. The fraction of sp³-hybridized carbons (Fsp3) is 0.825. The molecule has 0 aromatic carbocycles. The lowest BCUT2D eigenvalue weighted by Crippen LogP contribution is -2.47. The van der Waals surface area contributed by atoms with Crippen LogP contribution in [0.25, 0.3) is 0 Å². The Kier molecular flexibility index (Phi) is 46.2. The molecule has 0 aromatic heterocycles. The first-order chi connectivity index (χ1) is 32.4. The lowest BCUT2D eigenvalue weighted by molar-refractivity contribution is -0.870. The molecule has 0 saturated carbocycles. The maximum atomic E-state index is 13.4. The second-order valence-corrected chi connectivity index (χ2v) is 21.5. The van der Waals surface area contributed by atoms with Gasteiger partial charge in [0.05, 0.1) is 33.8 Å². The molecule has 0 fully saturated rings. The minimum Gasteiger partial charge on any atom is -0.756 e. The van der Waals surface area contributed by atoms with Crippen molar-refractivity contribution in [2.75, 3.05) is 40.9 Å². The Morgan fingerprint density at radius 2 is 0.925 bits per heavy atom. The first kappa shape index (κ1) is 65.0. The van der Waals surface area contributed by atoms with Gasteiger partial charge in [0.15, 0.2) is 0 Å². The molecule has 0 bridgehead atoms. The summed E-state index contributed by atoms with van der Waals surface area (Å²) in [4.78, 5) is 39.7. The molecule has 1 N–H and O–H groups in total. The minimum absolute atomic E-state index is 0.0321. The summed E-state index contributed by atoms with van der Waals surface area (Å²) >= 11 is 0. The van der Waals surface area contributed by atoms with Crippen molar-refractivity contribution in [3.63, 3.8) is 0 Å². The van der Waals surface area contributed by atoms with Crippen molar-refractivity contribution in [1.82, 2.24) is 5.32 Å². The Labute approximate surface area is 414 Å². The monoisotopic (exact) mass is 963 g/mol. The summed E-state index contributed by atoms with van der Waals surface area (Å²) in [5, 5.41) is 2.97. The van der Waals surface area contributed by atoms with Gasteiger partial charge in [0.25, 0.3) is 7.82 Å². The van der Waals surface area contributed by atoms with Gasteiger partial charge in [-0.25, -0.2) is 0 Å². The SMILES string of the molecule is CCCCCCCC/C=C\C/C=C/CCC(=O)NC(COP(=O)([O-])OCC[N+](C)(C)C)C(/C=C/CCCCCCCCCCC)OC(=O)CCCCCCCCC/C=C/CCCCCCCC. The maximum Gasteiger partial charge on any atom is 0.306 e. The number of rotatable bonds is 50. The van der Waals surface area contributed by atoms with Crippen LogP contribution in [0.4, 0.5) is 0 Å². The van der Waals surface area contributed by atoms with E-state index in [-0.39, 0.29) is 31.3 Å². The molecule has 3 unspecified atom stereocenters. The van der Waals surface area contributed by atoms with Gasteiger partial charge in [-0.05, 0) is 76.7 Å². The Hall–Kier alpha value is -2.03. The van der Waals surface area contributed by atoms with Gasteiger partial charge in [-0.3, -0.25) is 14.2 Å². The molecule has 0 saturated heterocycles. The van der Waals surface area contributed by atoms with Crippen molar-refractivity contribution in [2.45, 2.75) is 264 Å². The van der Waals surface area contributed by atoms with Crippen LogP contribution >= 0.6 is 7.82 Å². The molecule has 0 rings (SSSR count). The standard InChI is InChI=1S/C57H107N2O7P/c1-7-10-13-16-19-22-25-27-28-29-30-32-35-38-41-44-47-50-57(61)66-55(48-45-42-39-36-33-24-21-18-15-12-9-3)54(53-65-67(62,63)64-52-51-59(4,5)6)58-56(60)49-46-43-40-37-34-31-26-23-20-17-14-11-8-2/h27-28,31,34,40,43,45,48,54-55H,7-26,29-30,32-33,35-39,41-42,44,46-47,49-53H2,1-6H3,(H-,58,60,62,63)/b28-27+,34-31-,43-40+,48-45+. The number of unbranched alkanes of at least 4 members (excludes halogenated alkanes) is 28. The smallest absolute Gasteiger partial charge is 0.306 e. The largest absolute Gasteiger partial charge is 0.756 e. The lowest BCUT2D eigenvalue weighted by Gasteiger charge is -2.30. The predicted octanol–water partition coefficient (Wildman–Crippen LogP) is 15.9. The van der Waals surface area contributed by atoms with Crippen LogP contribution in [0, 0.1) is 0 Å². The number of allylic oxidation sites excluding steroid dienone is 7. The van der Waals surface area contributed by atoms with Crippen LogP contribution in [0.15, 0.2) is 48.6 Å². The van der Waals surface area contributed by atoms with Gasteiger partial charge in [0.1, 0.15) is 19.3 Å². The van der Waals surface area contributed by atoms with Crippen molar-refractivity contribution in [2.24, 2.45) is 0 Å². The topological polar surface area (TPSA) is 114 Å². The lowest BCUT2D eigenvalue weighted by atomic mass is 10.1. The van der Waals surface area contributed by atoms with E-state index in [1.165, 1.54) is 148 Å². The molecule has 0 aliphatic carbocycles. The Bertz CT molecular complexity index is 1290. The molecule has 0 heterocycles. The normalized spacial score (nSPS) is 14.2. The van der Waals surface area contributed by atoms with Crippen molar-refractivity contribution >= 4 is 19.7 Å². The molecular weight excluding hydrogens is 856 g/mol. The molecule has 10 heteroatoms. The molecule has 0 aromatic rings. The van der Waals surface area contributed by atoms with Crippen LogP contribution < -0.4 is 10.2 Å². The number of quaternary nitrogens is 1. The van der Waals surface area contributed by atoms with E-state index in [0.29, 0.717) is 17.4 Å². The van der Waals surface area contributed by atoms with Gasteiger partial charge in [-0.1, -0.05) is 211 Å². The number of phosphoric acid groups is 1. The maximum absolute atomic E-state index is 13.4. The zero-order valence-electron chi connectivity index (χ0n) is 44.6. The van der Waals surface area contributed by atoms with Crippen molar-refractivity contribution < 1.29 is 37.3 Å². The Morgan fingerprint density at radius 3 is 1.39 bits per heavy atom. The fourth-order valence-corrected chi connectivity index (χ4v) is 8.58. The average Bonchev–Trinajstić information content (AvgIpc) is 3.28. The quantitative estimate of drug-likeness (QED) is 0.0212. The zero-order valence-corrected chi connectivity index (χ0v) is 45.5. The van der Waals surface area contributed by atoms with E-state index in [4.69, 9.17) is 13.8 Å². The second-order valence-electron chi connectivity index (χ2n) is 20.1. The van der Waals surface area contributed by atoms with Gasteiger partial charge in [-0.2, -0.15) is 0 Å². The summed E-state index contributed by atoms with van der Waals surface area (Å²) in [5.74, 6) is -0.622. The van der Waals surface area contributed by atoms with Crippen LogP contribution in [0.1, 0.15) is 252 Å². The van der Waals surface area contributed by atoms with E-state index in [9.17, 15) is 19.0 Å². The second kappa shape index (κ2) is 47.6. The van der Waals surface area contributed by atoms with Crippen LogP contribution in [0.3, 0.4) is 0 Å². The number of esters is 1. The number of likely N-dealkylation sites (N-methyl/N-ethyl adjacent to an activating group) is 1. The number of nitrogens with zero attached hydrogens (tertiary/aromatic N) is 1.